The molecule has 0 saturated carbocycles. The number of aliphatic hydroxyl groups is 1. The number of carbonyl (C=O) groups excluding carboxylic acids is 1. The van der Waals surface area contributed by atoms with Crippen molar-refractivity contribution in [3.05, 3.63) is 0 Å². The monoisotopic (exact) mass is 285 g/mol. The predicted octanol–water partition coefficient (Wildman–Crippen LogP) is -0.487. The van der Waals surface area contributed by atoms with E-state index in [9.17, 15) is 9.59 Å². The molecule has 0 aromatic carbocycles. The molecule has 7 heteroatoms. The third-order valence-corrected chi connectivity index (χ3v) is 4.14. The van der Waals surface area contributed by atoms with Crippen LogP contribution in [0.4, 0.5) is 4.79 Å². The molecule has 0 spiro atoms. The number of carbonyl (C=O) groups is 2. The van der Waals surface area contributed by atoms with Crippen molar-refractivity contribution in [2.45, 2.75) is 12.8 Å². The Morgan fingerprint density at radius 3 is 2.00 bits per heavy atom. The lowest BCUT2D eigenvalue weighted by Crippen LogP contribution is -2.54. The number of hydrogen-bond donors (Lipinski definition) is 2. The lowest BCUT2D eigenvalue weighted by molar-refractivity contribution is -0.138. The number of carboxylic acid groups (broad SMARTS) is 1. The van der Waals surface area contributed by atoms with E-state index >= 15 is 0 Å². The van der Waals surface area contributed by atoms with Crippen molar-refractivity contribution in [3.63, 3.8) is 0 Å². The number of likely N-dealkylation sites (tertiary alicyclic amines) is 1. The van der Waals surface area contributed by atoms with Gasteiger partial charge >= 0.3 is 12.0 Å². The van der Waals surface area contributed by atoms with Crippen molar-refractivity contribution in [2.24, 2.45) is 5.92 Å². The maximum atomic E-state index is 12.3. The van der Waals surface area contributed by atoms with Gasteiger partial charge in [-0.1, -0.05) is 0 Å². The minimum Gasteiger partial charge on any atom is -0.480 e. The summed E-state index contributed by atoms with van der Waals surface area (Å²) in [6.07, 6.45) is 1.72. The molecule has 2 heterocycles. The Morgan fingerprint density at radius 1 is 0.950 bits per heavy atom. The van der Waals surface area contributed by atoms with E-state index in [1.54, 1.807) is 4.90 Å². The Morgan fingerprint density at radius 2 is 1.50 bits per heavy atom. The van der Waals surface area contributed by atoms with E-state index in [0.29, 0.717) is 45.2 Å². The molecule has 0 aromatic heterocycles. The third-order valence-electron chi connectivity index (χ3n) is 4.14. The molecule has 2 aliphatic heterocycles. The second kappa shape index (κ2) is 6.90. The fourth-order valence-corrected chi connectivity index (χ4v) is 2.80. The summed E-state index contributed by atoms with van der Waals surface area (Å²) in [6.45, 7) is 4.08. The van der Waals surface area contributed by atoms with Gasteiger partial charge in [0.2, 0.25) is 0 Å². The maximum absolute atomic E-state index is 12.3. The van der Waals surface area contributed by atoms with Crippen LogP contribution in [0.2, 0.25) is 0 Å². The average Bonchev–Trinajstić information content (AvgIpc) is 2.47. The fourth-order valence-electron chi connectivity index (χ4n) is 2.80. The SMILES string of the molecule is O=C(O)CN1CCN(C(=O)N2CCC(CO)CC2)CC1. The molecule has 0 bridgehead atoms. The predicted molar refractivity (Wildman–Crippen MR) is 72.4 cm³/mol. The van der Waals surface area contributed by atoms with E-state index < -0.39 is 5.97 Å². The van der Waals surface area contributed by atoms with Crippen LogP contribution in [0.3, 0.4) is 0 Å². The number of hydrogen-bond acceptors (Lipinski definition) is 4. The first kappa shape index (κ1) is 15.1. The Balaban J connectivity index is 1.76. The van der Waals surface area contributed by atoms with E-state index in [1.165, 1.54) is 0 Å². The minimum atomic E-state index is -0.823. The number of aliphatic hydroxyl groups excluding tert-OH is 1. The lowest BCUT2D eigenvalue weighted by atomic mass is 9.98. The molecule has 7 nitrogen and oxygen atoms in total. The van der Waals surface area contributed by atoms with Gasteiger partial charge in [0.25, 0.3) is 0 Å². The fraction of sp³-hybridized carbons (Fsp3) is 0.846. The molecule has 114 valence electrons. The second-order valence-corrected chi connectivity index (χ2v) is 5.55. The molecule has 20 heavy (non-hydrogen) atoms. The first-order valence-electron chi connectivity index (χ1n) is 7.19. The van der Waals surface area contributed by atoms with Crippen molar-refractivity contribution >= 4 is 12.0 Å². The van der Waals surface area contributed by atoms with Gasteiger partial charge < -0.3 is 20.0 Å². The lowest BCUT2D eigenvalue weighted by Gasteiger charge is -2.39. The van der Waals surface area contributed by atoms with E-state index in [2.05, 4.69) is 0 Å². The zero-order valence-corrected chi connectivity index (χ0v) is 11.7. The smallest absolute Gasteiger partial charge is 0.320 e. The summed E-state index contributed by atoms with van der Waals surface area (Å²) in [5.74, 6) is -0.498. The number of piperazine rings is 1. The maximum Gasteiger partial charge on any atom is 0.320 e. The quantitative estimate of drug-likeness (QED) is 0.731. The third kappa shape index (κ3) is 3.83. The molecule has 0 unspecified atom stereocenters. The van der Waals surface area contributed by atoms with Crippen LogP contribution in [0.15, 0.2) is 0 Å². The normalized spacial score (nSPS) is 22.1. The molecule has 2 rings (SSSR count). The van der Waals surface area contributed by atoms with Crippen LogP contribution in [-0.2, 0) is 4.79 Å². The minimum absolute atomic E-state index is 0.0456. The molecule has 2 N–H and O–H groups in total. The number of amides is 2. The Labute approximate surface area is 118 Å². The largest absolute Gasteiger partial charge is 0.480 e. The molecule has 0 atom stereocenters. The molecule has 2 aliphatic rings. The summed E-state index contributed by atoms with van der Waals surface area (Å²) in [5, 5.41) is 17.8. The zero-order valence-electron chi connectivity index (χ0n) is 11.7. The van der Waals surface area contributed by atoms with Gasteiger partial charge in [-0.2, -0.15) is 0 Å². The van der Waals surface area contributed by atoms with Crippen molar-refractivity contribution in [1.82, 2.24) is 14.7 Å². The number of piperidine rings is 1. The summed E-state index contributed by atoms with van der Waals surface area (Å²) in [4.78, 5) is 28.5. The Bertz CT molecular complexity index is 348. The number of aliphatic carboxylic acids is 1. The van der Waals surface area contributed by atoms with E-state index in [4.69, 9.17) is 10.2 Å². The Hall–Kier alpha value is -1.34. The number of rotatable bonds is 3. The standard InChI is InChI=1S/C13H23N3O4/c17-10-11-1-3-15(4-2-11)13(20)16-7-5-14(6-8-16)9-12(18)19/h11,17H,1-10H2,(H,18,19). The number of urea groups is 1. The molecule has 0 radical (unpaired) electrons. The van der Waals surface area contributed by atoms with Crippen LogP contribution in [0.1, 0.15) is 12.8 Å². The highest BCUT2D eigenvalue weighted by molar-refractivity contribution is 5.74. The van der Waals surface area contributed by atoms with Gasteiger partial charge in [0.05, 0.1) is 6.54 Å². The van der Waals surface area contributed by atoms with Crippen LogP contribution in [-0.4, -0.2) is 89.3 Å². The first-order chi connectivity index (χ1) is 9.60. The molecular weight excluding hydrogens is 262 g/mol. The van der Waals surface area contributed by atoms with Crippen LogP contribution in [0.25, 0.3) is 0 Å². The van der Waals surface area contributed by atoms with Gasteiger partial charge in [-0.25, -0.2) is 4.79 Å². The molecule has 2 saturated heterocycles. The highest BCUT2D eigenvalue weighted by atomic mass is 16.4. The summed E-state index contributed by atoms with van der Waals surface area (Å²) in [6, 6.07) is 0.0522. The van der Waals surface area contributed by atoms with Crippen molar-refractivity contribution in [3.8, 4) is 0 Å². The van der Waals surface area contributed by atoms with Crippen molar-refractivity contribution in [1.29, 1.82) is 0 Å². The average molecular weight is 285 g/mol. The highest BCUT2D eigenvalue weighted by Crippen LogP contribution is 2.18. The molecule has 0 aliphatic carbocycles. The summed E-state index contributed by atoms with van der Waals surface area (Å²) in [7, 11) is 0. The Kier molecular flexibility index (Phi) is 5.19. The number of carboxylic acids is 1. The van der Waals surface area contributed by atoms with Gasteiger partial charge in [0, 0.05) is 45.9 Å². The molecule has 0 aromatic rings. The van der Waals surface area contributed by atoms with Crippen molar-refractivity contribution in [2.75, 3.05) is 52.4 Å². The van der Waals surface area contributed by atoms with Gasteiger partial charge in [-0.15, -0.1) is 0 Å². The van der Waals surface area contributed by atoms with Crippen LogP contribution < -0.4 is 0 Å². The van der Waals surface area contributed by atoms with Crippen LogP contribution in [0, 0.1) is 5.92 Å². The summed E-state index contributed by atoms with van der Waals surface area (Å²) in [5.41, 5.74) is 0. The van der Waals surface area contributed by atoms with E-state index in [0.717, 1.165) is 12.8 Å². The number of nitrogens with zero attached hydrogens (tertiary/aromatic N) is 3. The summed E-state index contributed by atoms with van der Waals surface area (Å²) < 4.78 is 0. The van der Waals surface area contributed by atoms with E-state index in [1.807, 2.05) is 9.80 Å². The second-order valence-electron chi connectivity index (χ2n) is 5.55. The van der Waals surface area contributed by atoms with Crippen LogP contribution in [0.5, 0.6) is 0 Å². The zero-order chi connectivity index (χ0) is 14.5. The van der Waals surface area contributed by atoms with Crippen molar-refractivity contribution < 1.29 is 19.8 Å². The van der Waals surface area contributed by atoms with Gasteiger partial charge in [0.15, 0.2) is 0 Å². The van der Waals surface area contributed by atoms with Gasteiger partial charge in [0.1, 0.15) is 0 Å². The van der Waals surface area contributed by atoms with Gasteiger partial charge in [-0.3, -0.25) is 9.69 Å². The molecule has 2 amide bonds. The topological polar surface area (TPSA) is 84.3 Å². The first-order valence-corrected chi connectivity index (χ1v) is 7.19. The molecular formula is C13H23N3O4. The van der Waals surface area contributed by atoms with E-state index in [-0.39, 0.29) is 19.2 Å². The summed E-state index contributed by atoms with van der Waals surface area (Å²) >= 11 is 0. The van der Waals surface area contributed by atoms with Gasteiger partial charge in [-0.05, 0) is 18.8 Å². The highest BCUT2D eigenvalue weighted by Gasteiger charge is 2.28. The van der Waals surface area contributed by atoms with Crippen LogP contribution >= 0.6 is 0 Å². The molecule has 2 fully saturated rings.